The van der Waals surface area contributed by atoms with Crippen LogP contribution in [0, 0.1) is 43.3 Å². The molecule has 5 heteroatoms. The van der Waals surface area contributed by atoms with Crippen LogP contribution in [0.4, 0.5) is 17.6 Å². The maximum atomic E-state index is 13.6. The average molecular weight is 408 g/mol. The molecule has 0 spiro atoms. The Morgan fingerprint density at radius 1 is 0.633 bits per heavy atom. The van der Waals surface area contributed by atoms with Gasteiger partial charge in [0, 0.05) is 22.3 Å². The minimum atomic E-state index is -4.75. The SMILES string of the molecule is Cc1ccc(C#Cc2ccc(C#Cc3ccc(C)c(OC(F)(F)F)c3)cc2)cc1F. The summed E-state index contributed by atoms with van der Waals surface area (Å²) in [7, 11) is 0. The van der Waals surface area contributed by atoms with Crippen molar-refractivity contribution in [2.75, 3.05) is 0 Å². The second-order valence-electron chi connectivity index (χ2n) is 6.57. The van der Waals surface area contributed by atoms with E-state index in [1.165, 1.54) is 25.1 Å². The number of ether oxygens (including phenoxy) is 1. The molecule has 0 saturated heterocycles. The first-order valence-corrected chi connectivity index (χ1v) is 8.96. The van der Waals surface area contributed by atoms with Crippen molar-refractivity contribution >= 4 is 0 Å². The summed E-state index contributed by atoms with van der Waals surface area (Å²) in [4.78, 5) is 0. The minimum absolute atomic E-state index is 0.271. The first-order chi connectivity index (χ1) is 14.2. The summed E-state index contributed by atoms with van der Waals surface area (Å²) in [5.74, 6) is 11.0. The Hall–Kier alpha value is -3.70. The first-order valence-electron chi connectivity index (χ1n) is 8.96. The quantitative estimate of drug-likeness (QED) is 0.347. The molecule has 0 aliphatic carbocycles. The van der Waals surface area contributed by atoms with Crippen LogP contribution in [0.3, 0.4) is 0 Å². The smallest absolute Gasteiger partial charge is 0.405 e. The zero-order valence-electron chi connectivity index (χ0n) is 16.2. The molecule has 0 unspecified atom stereocenters. The molecular formula is C25H16F4O. The van der Waals surface area contributed by atoms with Gasteiger partial charge in [-0.25, -0.2) is 4.39 Å². The molecule has 0 fully saturated rings. The highest BCUT2D eigenvalue weighted by Crippen LogP contribution is 2.26. The Kier molecular flexibility index (Phi) is 6.14. The van der Waals surface area contributed by atoms with E-state index in [4.69, 9.17) is 0 Å². The van der Waals surface area contributed by atoms with E-state index in [1.807, 2.05) is 0 Å². The third kappa shape index (κ3) is 5.90. The van der Waals surface area contributed by atoms with Gasteiger partial charge in [-0.05, 0) is 73.5 Å². The molecule has 0 aromatic heterocycles. The molecule has 0 saturated carbocycles. The van der Waals surface area contributed by atoms with Crippen LogP contribution >= 0.6 is 0 Å². The number of benzene rings is 3. The van der Waals surface area contributed by atoms with Gasteiger partial charge in [0.15, 0.2) is 0 Å². The summed E-state index contributed by atoms with van der Waals surface area (Å²) in [6, 6.07) is 16.3. The van der Waals surface area contributed by atoms with E-state index in [0.717, 1.165) is 5.56 Å². The third-order valence-electron chi connectivity index (χ3n) is 4.17. The van der Waals surface area contributed by atoms with Crippen LogP contribution in [0.1, 0.15) is 33.4 Å². The summed E-state index contributed by atoms with van der Waals surface area (Å²) in [6.45, 7) is 3.22. The normalized spacial score (nSPS) is 10.5. The van der Waals surface area contributed by atoms with Crippen molar-refractivity contribution in [2.24, 2.45) is 0 Å². The first kappa shape index (κ1) is 21.0. The molecule has 0 aliphatic heterocycles. The molecule has 0 N–H and O–H groups in total. The molecule has 0 bridgehead atoms. The molecule has 0 amide bonds. The van der Waals surface area contributed by atoms with Crippen LogP contribution in [-0.2, 0) is 0 Å². The van der Waals surface area contributed by atoms with Gasteiger partial charge in [-0.1, -0.05) is 35.8 Å². The van der Waals surface area contributed by atoms with Crippen LogP contribution in [0.2, 0.25) is 0 Å². The number of aryl methyl sites for hydroxylation is 2. The minimum Gasteiger partial charge on any atom is -0.405 e. The van der Waals surface area contributed by atoms with Gasteiger partial charge in [0.05, 0.1) is 0 Å². The maximum Gasteiger partial charge on any atom is 0.573 e. The standard InChI is InChI=1S/C25H16F4O/c1-17-3-5-21(15-23(17)26)13-11-19-7-9-20(10-8-19)12-14-22-6-4-18(2)24(16-22)30-25(27,28)29/h3-10,15-16H,1-2H3. The lowest BCUT2D eigenvalue weighted by molar-refractivity contribution is -0.274. The van der Waals surface area contributed by atoms with Gasteiger partial charge in [-0.2, -0.15) is 0 Å². The van der Waals surface area contributed by atoms with Crippen molar-refractivity contribution < 1.29 is 22.3 Å². The number of rotatable bonds is 1. The molecular weight excluding hydrogens is 392 g/mol. The van der Waals surface area contributed by atoms with Crippen molar-refractivity contribution in [1.82, 2.24) is 0 Å². The van der Waals surface area contributed by atoms with E-state index < -0.39 is 6.36 Å². The Morgan fingerprint density at radius 3 is 1.57 bits per heavy atom. The van der Waals surface area contributed by atoms with Gasteiger partial charge in [-0.3, -0.25) is 0 Å². The van der Waals surface area contributed by atoms with E-state index in [2.05, 4.69) is 28.4 Å². The van der Waals surface area contributed by atoms with Crippen LogP contribution in [0.25, 0.3) is 0 Å². The number of alkyl halides is 3. The second-order valence-corrected chi connectivity index (χ2v) is 6.57. The zero-order valence-corrected chi connectivity index (χ0v) is 16.2. The highest BCUT2D eigenvalue weighted by atomic mass is 19.4. The molecule has 0 heterocycles. The van der Waals surface area contributed by atoms with Gasteiger partial charge in [0.1, 0.15) is 11.6 Å². The van der Waals surface area contributed by atoms with Crippen LogP contribution in [0.15, 0.2) is 60.7 Å². The molecule has 1 nitrogen and oxygen atoms in total. The molecule has 0 atom stereocenters. The van der Waals surface area contributed by atoms with E-state index in [-0.39, 0.29) is 11.6 Å². The van der Waals surface area contributed by atoms with Gasteiger partial charge < -0.3 is 4.74 Å². The molecule has 3 aromatic carbocycles. The zero-order chi connectivity index (χ0) is 21.7. The summed E-state index contributed by atoms with van der Waals surface area (Å²) >= 11 is 0. The van der Waals surface area contributed by atoms with Crippen molar-refractivity contribution in [2.45, 2.75) is 20.2 Å². The summed E-state index contributed by atoms with van der Waals surface area (Å²) in [5, 5.41) is 0. The fourth-order valence-corrected chi connectivity index (χ4v) is 2.51. The molecule has 3 rings (SSSR count). The second kappa shape index (κ2) is 8.76. The van der Waals surface area contributed by atoms with Gasteiger partial charge in [0.2, 0.25) is 0 Å². The molecule has 30 heavy (non-hydrogen) atoms. The highest BCUT2D eigenvalue weighted by molar-refractivity contribution is 5.50. The van der Waals surface area contributed by atoms with Crippen LogP contribution < -0.4 is 4.74 Å². The summed E-state index contributed by atoms with van der Waals surface area (Å²) in [6.07, 6.45) is -4.75. The average Bonchev–Trinajstić information content (AvgIpc) is 2.69. The Labute approximate surface area is 172 Å². The number of halogens is 4. The molecule has 150 valence electrons. The monoisotopic (exact) mass is 408 g/mol. The van der Waals surface area contributed by atoms with Gasteiger partial charge in [-0.15, -0.1) is 13.2 Å². The Morgan fingerprint density at radius 2 is 1.07 bits per heavy atom. The number of hydrogen-bond donors (Lipinski definition) is 0. The van der Waals surface area contributed by atoms with E-state index in [9.17, 15) is 17.6 Å². The van der Waals surface area contributed by atoms with Crippen molar-refractivity contribution in [3.63, 3.8) is 0 Å². The van der Waals surface area contributed by atoms with Crippen molar-refractivity contribution in [3.8, 4) is 29.4 Å². The predicted molar refractivity (Wildman–Crippen MR) is 107 cm³/mol. The molecule has 0 radical (unpaired) electrons. The highest BCUT2D eigenvalue weighted by Gasteiger charge is 2.31. The largest absolute Gasteiger partial charge is 0.573 e. The Balaban J connectivity index is 1.74. The maximum absolute atomic E-state index is 13.6. The van der Waals surface area contributed by atoms with E-state index >= 15 is 0 Å². The fourth-order valence-electron chi connectivity index (χ4n) is 2.51. The van der Waals surface area contributed by atoms with Crippen LogP contribution in [-0.4, -0.2) is 6.36 Å². The van der Waals surface area contributed by atoms with Crippen LogP contribution in [0.5, 0.6) is 5.75 Å². The predicted octanol–water partition coefficient (Wildman–Crippen LogP) is 6.14. The van der Waals surface area contributed by atoms with Crippen molar-refractivity contribution in [3.05, 3.63) is 99.9 Å². The third-order valence-corrected chi connectivity index (χ3v) is 4.17. The molecule has 0 aliphatic rings. The molecule has 3 aromatic rings. The van der Waals surface area contributed by atoms with Crippen molar-refractivity contribution in [1.29, 1.82) is 0 Å². The summed E-state index contributed by atoms with van der Waals surface area (Å²) < 4.78 is 55.0. The van der Waals surface area contributed by atoms with Gasteiger partial charge in [0.25, 0.3) is 0 Å². The Bertz CT molecular complexity index is 1180. The van der Waals surface area contributed by atoms with E-state index in [0.29, 0.717) is 27.8 Å². The topological polar surface area (TPSA) is 9.23 Å². The summed E-state index contributed by atoms with van der Waals surface area (Å²) in [5.41, 5.74) is 3.34. The van der Waals surface area contributed by atoms with Gasteiger partial charge >= 0.3 is 6.36 Å². The fraction of sp³-hybridized carbons (Fsp3) is 0.120. The van der Waals surface area contributed by atoms with E-state index in [1.54, 1.807) is 49.4 Å². The lowest BCUT2D eigenvalue weighted by atomic mass is 10.1. The lowest BCUT2D eigenvalue weighted by Gasteiger charge is -2.11. The lowest BCUT2D eigenvalue weighted by Crippen LogP contribution is -2.17. The number of hydrogen-bond acceptors (Lipinski definition) is 1.